The second-order valence-corrected chi connectivity index (χ2v) is 3.23. The Balaban J connectivity index is 2.18. The molecule has 0 heterocycles. The molecule has 1 N–H and O–H groups in total. The average molecular weight is 124 g/mol. The minimum absolute atomic E-state index is 0.0197. The molecule has 0 amide bonds. The van der Waals surface area contributed by atoms with Crippen LogP contribution in [0.4, 0.5) is 0 Å². The van der Waals surface area contributed by atoms with Crippen LogP contribution in [0.15, 0.2) is 12.2 Å². The van der Waals surface area contributed by atoms with Crippen molar-refractivity contribution in [2.75, 3.05) is 0 Å². The second kappa shape index (κ2) is 1.84. The zero-order valence-electron chi connectivity index (χ0n) is 5.46. The van der Waals surface area contributed by atoms with E-state index in [-0.39, 0.29) is 6.10 Å². The number of aliphatic hydroxyl groups is 1. The van der Waals surface area contributed by atoms with Gasteiger partial charge in [-0.1, -0.05) is 12.2 Å². The first-order chi connectivity index (χ1) is 4.36. The van der Waals surface area contributed by atoms with E-state index in [2.05, 4.69) is 12.2 Å². The number of allylic oxidation sites excluding steroid dienone is 1. The Hall–Kier alpha value is -0.300. The first-order valence-corrected chi connectivity index (χ1v) is 3.71. The molecule has 2 aliphatic carbocycles. The quantitative estimate of drug-likeness (QED) is 0.483. The van der Waals surface area contributed by atoms with Crippen LogP contribution >= 0.6 is 0 Å². The molecular weight excluding hydrogens is 112 g/mol. The fourth-order valence-corrected chi connectivity index (χ4v) is 2.00. The van der Waals surface area contributed by atoms with E-state index in [1.54, 1.807) is 0 Å². The highest BCUT2D eigenvalue weighted by atomic mass is 16.3. The van der Waals surface area contributed by atoms with Gasteiger partial charge in [-0.25, -0.2) is 0 Å². The summed E-state index contributed by atoms with van der Waals surface area (Å²) in [5.74, 6) is 1.30. The van der Waals surface area contributed by atoms with Crippen LogP contribution in [-0.4, -0.2) is 11.2 Å². The summed E-state index contributed by atoms with van der Waals surface area (Å²) in [4.78, 5) is 0. The van der Waals surface area contributed by atoms with Crippen LogP contribution in [0, 0.1) is 11.8 Å². The maximum atomic E-state index is 9.35. The predicted octanol–water partition coefficient (Wildman–Crippen LogP) is 1.33. The molecule has 1 heteroatoms. The molecule has 9 heavy (non-hydrogen) atoms. The normalized spacial score (nSPS) is 47.9. The van der Waals surface area contributed by atoms with E-state index in [1.807, 2.05) is 0 Å². The largest absolute Gasteiger partial charge is 0.393 e. The van der Waals surface area contributed by atoms with Crippen LogP contribution in [-0.2, 0) is 0 Å². The van der Waals surface area contributed by atoms with Crippen molar-refractivity contribution >= 4 is 0 Å². The van der Waals surface area contributed by atoms with E-state index < -0.39 is 0 Å². The Morgan fingerprint density at radius 3 is 2.89 bits per heavy atom. The van der Waals surface area contributed by atoms with Gasteiger partial charge in [-0.05, 0) is 25.2 Å². The third kappa shape index (κ3) is 0.799. The Morgan fingerprint density at radius 1 is 1.33 bits per heavy atom. The fourth-order valence-electron chi connectivity index (χ4n) is 2.00. The summed E-state index contributed by atoms with van der Waals surface area (Å²) in [5, 5.41) is 9.35. The lowest BCUT2D eigenvalue weighted by atomic mass is 9.96. The maximum Gasteiger partial charge on any atom is 0.0605 e. The van der Waals surface area contributed by atoms with Crippen LogP contribution in [0.3, 0.4) is 0 Å². The van der Waals surface area contributed by atoms with Crippen LogP contribution in [0.25, 0.3) is 0 Å². The first kappa shape index (κ1) is 5.48. The first-order valence-electron chi connectivity index (χ1n) is 3.71. The Labute approximate surface area is 55.4 Å². The molecule has 0 aliphatic heterocycles. The zero-order chi connectivity index (χ0) is 6.27. The highest BCUT2D eigenvalue weighted by Gasteiger charge is 2.32. The van der Waals surface area contributed by atoms with Gasteiger partial charge < -0.3 is 5.11 Å². The Kier molecular flexibility index (Phi) is 1.12. The molecule has 2 aliphatic rings. The molecule has 1 nitrogen and oxygen atoms in total. The molecule has 0 aromatic rings. The zero-order valence-corrected chi connectivity index (χ0v) is 5.46. The van der Waals surface area contributed by atoms with E-state index in [4.69, 9.17) is 0 Å². The van der Waals surface area contributed by atoms with Crippen molar-refractivity contribution < 1.29 is 5.11 Å². The minimum atomic E-state index is -0.0197. The van der Waals surface area contributed by atoms with Crippen molar-refractivity contribution in [3.63, 3.8) is 0 Å². The van der Waals surface area contributed by atoms with Gasteiger partial charge in [0.05, 0.1) is 6.10 Å². The molecular formula is C8H12O. The fraction of sp³-hybridized carbons (Fsp3) is 0.750. The minimum Gasteiger partial charge on any atom is -0.393 e. The molecule has 0 aromatic carbocycles. The van der Waals surface area contributed by atoms with E-state index in [1.165, 1.54) is 12.8 Å². The molecule has 50 valence electrons. The predicted molar refractivity (Wildman–Crippen MR) is 36.0 cm³/mol. The summed E-state index contributed by atoms with van der Waals surface area (Å²) in [7, 11) is 0. The molecule has 2 rings (SSSR count). The van der Waals surface area contributed by atoms with E-state index >= 15 is 0 Å². The molecule has 3 atom stereocenters. The molecule has 0 aromatic heterocycles. The second-order valence-electron chi connectivity index (χ2n) is 3.23. The molecule has 0 spiro atoms. The Morgan fingerprint density at radius 2 is 2.22 bits per heavy atom. The summed E-state index contributed by atoms with van der Waals surface area (Å²) in [5.41, 5.74) is 0. The van der Waals surface area contributed by atoms with Gasteiger partial charge in [-0.2, -0.15) is 0 Å². The number of hydrogen-bond acceptors (Lipinski definition) is 1. The lowest BCUT2D eigenvalue weighted by Gasteiger charge is -2.11. The summed E-state index contributed by atoms with van der Waals surface area (Å²) in [6.45, 7) is 0. The van der Waals surface area contributed by atoms with Gasteiger partial charge in [0, 0.05) is 5.92 Å². The van der Waals surface area contributed by atoms with Gasteiger partial charge in [-0.15, -0.1) is 0 Å². The van der Waals surface area contributed by atoms with Gasteiger partial charge in [0.2, 0.25) is 0 Å². The topological polar surface area (TPSA) is 20.2 Å². The summed E-state index contributed by atoms with van der Waals surface area (Å²) >= 11 is 0. The van der Waals surface area contributed by atoms with Gasteiger partial charge >= 0.3 is 0 Å². The van der Waals surface area contributed by atoms with Gasteiger partial charge in [0.25, 0.3) is 0 Å². The standard InChI is InChI=1S/C8H12O/c9-8-5-6-2-1-3-7(8)4-6/h1,3,6-9H,2,4-5H2. The van der Waals surface area contributed by atoms with Crippen molar-refractivity contribution in [1.29, 1.82) is 0 Å². The summed E-state index contributed by atoms with van der Waals surface area (Å²) in [6.07, 6.45) is 7.85. The number of hydrogen-bond donors (Lipinski definition) is 1. The van der Waals surface area contributed by atoms with Crippen LogP contribution in [0.1, 0.15) is 19.3 Å². The third-order valence-electron chi connectivity index (χ3n) is 2.53. The van der Waals surface area contributed by atoms with Gasteiger partial charge in [0.15, 0.2) is 0 Å². The van der Waals surface area contributed by atoms with Crippen molar-refractivity contribution in [3.8, 4) is 0 Å². The lowest BCUT2D eigenvalue weighted by molar-refractivity contribution is 0.152. The highest BCUT2D eigenvalue weighted by Crippen LogP contribution is 2.37. The monoisotopic (exact) mass is 124 g/mol. The molecule has 0 radical (unpaired) electrons. The SMILES string of the molecule is OC1CC2CC=CC1C2. The average Bonchev–Trinajstić information content (AvgIpc) is 2.09. The van der Waals surface area contributed by atoms with Crippen LogP contribution in [0.5, 0.6) is 0 Å². The van der Waals surface area contributed by atoms with Crippen LogP contribution < -0.4 is 0 Å². The summed E-state index contributed by atoms with van der Waals surface area (Å²) < 4.78 is 0. The molecule has 3 unspecified atom stereocenters. The van der Waals surface area contributed by atoms with Crippen LogP contribution in [0.2, 0.25) is 0 Å². The summed E-state index contributed by atoms with van der Waals surface area (Å²) in [6, 6.07) is 0. The van der Waals surface area contributed by atoms with Crippen molar-refractivity contribution in [2.45, 2.75) is 25.4 Å². The number of fused-ring (bicyclic) bond motifs is 2. The molecule has 1 saturated carbocycles. The Bertz CT molecular complexity index is 140. The maximum absolute atomic E-state index is 9.35. The lowest BCUT2D eigenvalue weighted by Crippen LogP contribution is -2.09. The molecule has 0 saturated heterocycles. The highest BCUT2D eigenvalue weighted by molar-refractivity contribution is 5.04. The third-order valence-corrected chi connectivity index (χ3v) is 2.53. The smallest absolute Gasteiger partial charge is 0.0605 e. The van der Waals surface area contributed by atoms with Gasteiger partial charge in [-0.3, -0.25) is 0 Å². The number of aliphatic hydroxyl groups excluding tert-OH is 1. The van der Waals surface area contributed by atoms with E-state index in [0.29, 0.717) is 5.92 Å². The van der Waals surface area contributed by atoms with E-state index in [0.717, 1.165) is 12.3 Å². The molecule has 1 fully saturated rings. The van der Waals surface area contributed by atoms with Crippen molar-refractivity contribution in [3.05, 3.63) is 12.2 Å². The van der Waals surface area contributed by atoms with Crippen molar-refractivity contribution in [2.24, 2.45) is 11.8 Å². The molecule has 2 bridgehead atoms. The van der Waals surface area contributed by atoms with Crippen molar-refractivity contribution in [1.82, 2.24) is 0 Å². The van der Waals surface area contributed by atoms with E-state index in [9.17, 15) is 5.11 Å². The van der Waals surface area contributed by atoms with Gasteiger partial charge in [0.1, 0.15) is 0 Å². The number of rotatable bonds is 0.